The summed E-state index contributed by atoms with van der Waals surface area (Å²) >= 11 is 0. The molecule has 0 aromatic heterocycles. The monoisotopic (exact) mass is 404 g/mol. The molecule has 0 spiro atoms. The molecular formula is C20H26N3O4S+. The minimum absolute atomic E-state index is 0.0624. The number of rotatable bonds is 6. The Kier molecular flexibility index (Phi) is 6.33. The number of benzene rings is 2. The molecule has 2 N–H and O–H groups in total. The number of ether oxygens (including phenoxy) is 1. The lowest BCUT2D eigenvalue weighted by Gasteiger charge is -2.34. The van der Waals surface area contributed by atoms with E-state index in [9.17, 15) is 13.2 Å². The van der Waals surface area contributed by atoms with Gasteiger partial charge in [-0.2, -0.15) is 4.31 Å². The standard InChI is InChI=1S/C20H25N3O4S/c1-16(20(24)21-17-6-4-3-5-7-17)22-12-14-23(15-13-22)28(25,26)19-10-8-18(27-2)9-11-19/h3-11,16H,12-15H2,1-2H3,(H,21,24)/p+1/t16-/m1/s1. The summed E-state index contributed by atoms with van der Waals surface area (Å²) in [6.07, 6.45) is 0. The van der Waals surface area contributed by atoms with Gasteiger partial charge in [-0.1, -0.05) is 18.2 Å². The van der Waals surface area contributed by atoms with Crippen molar-refractivity contribution in [3.8, 4) is 5.75 Å². The second-order valence-electron chi connectivity index (χ2n) is 6.81. The van der Waals surface area contributed by atoms with Crippen LogP contribution in [0.25, 0.3) is 0 Å². The SMILES string of the molecule is COc1ccc(S(=O)(=O)N2CC[NH+]([C@H](C)C(=O)Nc3ccccc3)CC2)cc1. The fourth-order valence-corrected chi connectivity index (χ4v) is 4.74. The molecule has 1 amide bonds. The highest BCUT2D eigenvalue weighted by Crippen LogP contribution is 2.19. The van der Waals surface area contributed by atoms with Crippen LogP contribution < -0.4 is 15.0 Å². The molecule has 1 heterocycles. The largest absolute Gasteiger partial charge is 0.497 e. The van der Waals surface area contributed by atoms with Crippen LogP contribution in [0.1, 0.15) is 6.92 Å². The Morgan fingerprint density at radius 1 is 1.07 bits per heavy atom. The van der Waals surface area contributed by atoms with Crippen LogP contribution in [0.2, 0.25) is 0 Å². The summed E-state index contributed by atoms with van der Waals surface area (Å²) in [6.45, 7) is 3.80. The summed E-state index contributed by atoms with van der Waals surface area (Å²) in [4.78, 5) is 13.8. The van der Waals surface area contributed by atoms with Gasteiger partial charge in [0.1, 0.15) is 5.75 Å². The first kappa shape index (κ1) is 20.3. The summed E-state index contributed by atoms with van der Waals surface area (Å²) in [5.41, 5.74) is 0.763. The molecule has 0 saturated carbocycles. The van der Waals surface area contributed by atoms with E-state index >= 15 is 0 Å². The van der Waals surface area contributed by atoms with Crippen molar-refractivity contribution < 1.29 is 22.8 Å². The maximum Gasteiger partial charge on any atom is 0.282 e. The van der Waals surface area contributed by atoms with E-state index in [0.29, 0.717) is 31.9 Å². The first-order chi connectivity index (χ1) is 13.4. The molecule has 1 fully saturated rings. The summed E-state index contributed by atoms with van der Waals surface area (Å²) in [5.74, 6) is 0.555. The lowest BCUT2D eigenvalue weighted by molar-refractivity contribution is -0.917. The Hall–Kier alpha value is -2.42. The number of amides is 1. The number of hydrogen-bond donors (Lipinski definition) is 2. The zero-order valence-electron chi connectivity index (χ0n) is 16.1. The van der Waals surface area contributed by atoms with Gasteiger partial charge >= 0.3 is 0 Å². The number of para-hydroxylation sites is 1. The fourth-order valence-electron chi connectivity index (χ4n) is 3.30. The number of piperazine rings is 1. The number of nitrogens with zero attached hydrogens (tertiary/aromatic N) is 1. The minimum atomic E-state index is -3.54. The number of nitrogens with one attached hydrogen (secondary N) is 2. The molecule has 0 bridgehead atoms. The lowest BCUT2D eigenvalue weighted by atomic mass is 10.2. The van der Waals surface area contributed by atoms with Crippen LogP contribution in [0.4, 0.5) is 5.69 Å². The van der Waals surface area contributed by atoms with E-state index in [1.807, 2.05) is 37.3 Å². The van der Waals surface area contributed by atoms with E-state index in [1.165, 1.54) is 4.31 Å². The van der Waals surface area contributed by atoms with Gasteiger partial charge in [0.25, 0.3) is 5.91 Å². The number of quaternary nitrogens is 1. The fraction of sp³-hybridized carbons (Fsp3) is 0.350. The molecule has 1 atom stereocenters. The zero-order chi connectivity index (χ0) is 20.1. The first-order valence-electron chi connectivity index (χ1n) is 9.26. The molecule has 8 heteroatoms. The number of carbonyl (C=O) groups excluding carboxylic acids is 1. The van der Waals surface area contributed by atoms with Crippen LogP contribution in [0.5, 0.6) is 5.75 Å². The van der Waals surface area contributed by atoms with Crippen LogP contribution in [-0.4, -0.2) is 58.0 Å². The predicted molar refractivity (Wildman–Crippen MR) is 107 cm³/mol. The van der Waals surface area contributed by atoms with Crippen molar-refractivity contribution in [3.63, 3.8) is 0 Å². The number of anilines is 1. The van der Waals surface area contributed by atoms with Crippen molar-refractivity contribution in [1.82, 2.24) is 4.31 Å². The summed E-state index contributed by atoms with van der Waals surface area (Å²) in [7, 11) is -2.00. The second kappa shape index (κ2) is 8.72. The van der Waals surface area contributed by atoms with E-state index in [2.05, 4.69) is 5.32 Å². The molecule has 7 nitrogen and oxygen atoms in total. The van der Waals surface area contributed by atoms with Gasteiger partial charge in [0.2, 0.25) is 10.0 Å². The average Bonchev–Trinajstić information content (AvgIpc) is 2.74. The molecule has 1 saturated heterocycles. The van der Waals surface area contributed by atoms with Crippen LogP contribution in [0.3, 0.4) is 0 Å². The molecule has 2 aromatic rings. The van der Waals surface area contributed by atoms with Crippen molar-refractivity contribution in [2.45, 2.75) is 17.9 Å². The molecule has 150 valence electrons. The Bertz CT molecular complexity index is 893. The Morgan fingerprint density at radius 2 is 1.68 bits per heavy atom. The highest BCUT2D eigenvalue weighted by Gasteiger charge is 2.34. The van der Waals surface area contributed by atoms with Crippen molar-refractivity contribution >= 4 is 21.6 Å². The van der Waals surface area contributed by atoms with E-state index < -0.39 is 10.0 Å². The molecule has 0 unspecified atom stereocenters. The second-order valence-corrected chi connectivity index (χ2v) is 8.75. The number of hydrogen-bond acceptors (Lipinski definition) is 4. The minimum Gasteiger partial charge on any atom is -0.497 e. The maximum absolute atomic E-state index is 12.8. The lowest BCUT2D eigenvalue weighted by Crippen LogP contribution is -3.19. The zero-order valence-corrected chi connectivity index (χ0v) is 16.9. The molecular weight excluding hydrogens is 378 g/mol. The normalized spacial score (nSPS) is 17.1. The van der Waals surface area contributed by atoms with E-state index in [0.717, 1.165) is 10.6 Å². The van der Waals surface area contributed by atoms with Crippen molar-refractivity contribution in [1.29, 1.82) is 0 Å². The molecule has 0 aliphatic carbocycles. The molecule has 1 aliphatic heterocycles. The van der Waals surface area contributed by atoms with Crippen LogP contribution in [0, 0.1) is 0 Å². The third-order valence-corrected chi connectivity index (χ3v) is 7.02. The van der Waals surface area contributed by atoms with Crippen LogP contribution in [-0.2, 0) is 14.8 Å². The Morgan fingerprint density at radius 3 is 2.25 bits per heavy atom. The molecule has 3 rings (SSSR count). The number of sulfonamides is 1. The van der Waals surface area contributed by atoms with E-state index in [1.54, 1.807) is 31.4 Å². The topological polar surface area (TPSA) is 80.2 Å². The van der Waals surface area contributed by atoms with Gasteiger partial charge < -0.3 is 15.0 Å². The number of methoxy groups -OCH3 is 1. The van der Waals surface area contributed by atoms with Crippen LogP contribution >= 0.6 is 0 Å². The maximum atomic E-state index is 12.8. The first-order valence-corrected chi connectivity index (χ1v) is 10.7. The van der Waals surface area contributed by atoms with E-state index in [-0.39, 0.29) is 16.8 Å². The van der Waals surface area contributed by atoms with Gasteiger partial charge in [-0.3, -0.25) is 4.79 Å². The Balaban J connectivity index is 1.59. The quantitative estimate of drug-likeness (QED) is 0.740. The smallest absolute Gasteiger partial charge is 0.282 e. The van der Waals surface area contributed by atoms with E-state index in [4.69, 9.17) is 4.74 Å². The summed E-state index contributed by atoms with van der Waals surface area (Å²) in [5, 5.41) is 2.91. The van der Waals surface area contributed by atoms with Gasteiger partial charge in [-0.25, -0.2) is 8.42 Å². The van der Waals surface area contributed by atoms with Crippen LogP contribution in [0.15, 0.2) is 59.5 Å². The summed E-state index contributed by atoms with van der Waals surface area (Å²) in [6, 6.07) is 15.5. The third kappa shape index (κ3) is 4.52. The molecule has 0 radical (unpaired) electrons. The van der Waals surface area contributed by atoms with Crippen molar-refractivity contribution in [3.05, 3.63) is 54.6 Å². The number of carbonyl (C=O) groups is 1. The van der Waals surface area contributed by atoms with Gasteiger partial charge in [0.15, 0.2) is 6.04 Å². The van der Waals surface area contributed by atoms with Gasteiger partial charge in [-0.05, 0) is 43.3 Å². The molecule has 1 aliphatic rings. The third-order valence-electron chi connectivity index (χ3n) is 5.11. The van der Waals surface area contributed by atoms with Gasteiger partial charge in [-0.15, -0.1) is 0 Å². The molecule has 28 heavy (non-hydrogen) atoms. The Labute approximate surface area is 166 Å². The summed E-state index contributed by atoms with van der Waals surface area (Å²) < 4.78 is 32.2. The predicted octanol–water partition coefficient (Wildman–Crippen LogP) is 0.612. The average molecular weight is 405 g/mol. The van der Waals surface area contributed by atoms with Gasteiger partial charge in [0.05, 0.1) is 38.2 Å². The molecule has 2 aromatic carbocycles. The highest BCUT2D eigenvalue weighted by atomic mass is 32.2. The van der Waals surface area contributed by atoms with Gasteiger partial charge in [0, 0.05) is 5.69 Å². The van der Waals surface area contributed by atoms with Crippen molar-refractivity contribution in [2.24, 2.45) is 0 Å². The van der Waals surface area contributed by atoms with Crippen molar-refractivity contribution in [2.75, 3.05) is 38.6 Å². The highest BCUT2D eigenvalue weighted by molar-refractivity contribution is 7.89.